The smallest absolute Gasteiger partial charge is 0.237 e. The highest BCUT2D eigenvalue weighted by Crippen LogP contribution is 2.36. The zero-order chi connectivity index (χ0) is 10.6. The largest absolute Gasteiger partial charge is 0.351 e. The van der Waals surface area contributed by atoms with Crippen LogP contribution in [0.5, 0.6) is 0 Å². The van der Waals surface area contributed by atoms with Gasteiger partial charge in [-0.3, -0.25) is 4.79 Å². The second-order valence-electron chi connectivity index (χ2n) is 4.14. The van der Waals surface area contributed by atoms with Gasteiger partial charge in [0.15, 0.2) is 0 Å². The van der Waals surface area contributed by atoms with E-state index in [9.17, 15) is 4.79 Å². The van der Waals surface area contributed by atoms with E-state index in [-0.39, 0.29) is 11.9 Å². The molecule has 80 valence electrons. The van der Waals surface area contributed by atoms with Gasteiger partial charge in [-0.15, -0.1) is 6.58 Å². The molecule has 0 aromatic carbocycles. The summed E-state index contributed by atoms with van der Waals surface area (Å²) in [6.45, 7) is 9.20. The van der Waals surface area contributed by atoms with Gasteiger partial charge in [-0.25, -0.2) is 0 Å². The summed E-state index contributed by atoms with van der Waals surface area (Å²) in [5.74, 6) is 1.67. The fourth-order valence-electron chi connectivity index (χ4n) is 1.43. The second-order valence-corrected chi connectivity index (χ2v) is 4.14. The normalized spacial score (nSPS) is 26.7. The van der Waals surface area contributed by atoms with Crippen LogP contribution in [0.3, 0.4) is 0 Å². The van der Waals surface area contributed by atoms with E-state index in [0.29, 0.717) is 6.54 Å². The Bertz CT molecular complexity index is 215. The van der Waals surface area contributed by atoms with Gasteiger partial charge in [0, 0.05) is 6.54 Å². The van der Waals surface area contributed by atoms with Crippen molar-refractivity contribution < 1.29 is 4.79 Å². The minimum atomic E-state index is -0.0947. The molecule has 3 nitrogen and oxygen atoms in total. The molecule has 2 N–H and O–H groups in total. The molecule has 1 rings (SSSR count). The second kappa shape index (κ2) is 5.15. The van der Waals surface area contributed by atoms with Crippen LogP contribution in [0, 0.1) is 11.8 Å². The lowest BCUT2D eigenvalue weighted by Gasteiger charge is -2.12. The third-order valence-corrected chi connectivity index (χ3v) is 2.78. The van der Waals surface area contributed by atoms with E-state index in [1.165, 1.54) is 6.42 Å². The summed E-state index contributed by atoms with van der Waals surface area (Å²) < 4.78 is 0. The maximum absolute atomic E-state index is 11.4. The Labute approximate surface area is 86.0 Å². The Morgan fingerprint density at radius 1 is 1.71 bits per heavy atom. The summed E-state index contributed by atoms with van der Waals surface area (Å²) in [7, 11) is 0. The van der Waals surface area contributed by atoms with Crippen LogP contribution >= 0.6 is 0 Å². The van der Waals surface area contributed by atoms with Gasteiger partial charge in [-0.1, -0.05) is 13.0 Å². The van der Waals surface area contributed by atoms with Crippen molar-refractivity contribution in [2.45, 2.75) is 26.3 Å². The van der Waals surface area contributed by atoms with Crippen molar-refractivity contribution >= 4 is 5.91 Å². The molecule has 0 aromatic rings. The summed E-state index contributed by atoms with van der Waals surface area (Å²) in [5, 5.41) is 6.01. The number of carbonyl (C=O) groups is 1. The number of hydrogen-bond donors (Lipinski definition) is 2. The van der Waals surface area contributed by atoms with Gasteiger partial charge in [0.1, 0.15) is 0 Å². The monoisotopic (exact) mass is 196 g/mol. The SMILES string of the molecule is C=CCNC(=O)C(C)NCC1CC1C. The maximum atomic E-state index is 11.4. The zero-order valence-electron chi connectivity index (χ0n) is 9.05. The molecule has 3 heteroatoms. The molecule has 1 aliphatic carbocycles. The van der Waals surface area contributed by atoms with E-state index in [1.54, 1.807) is 6.08 Å². The van der Waals surface area contributed by atoms with Gasteiger partial charge in [0.05, 0.1) is 6.04 Å². The van der Waals surface area contributed by atoms with Gasteiger partial charge in [-0.05, 0) is 31.7 Å². The molecule has 14 heavy (non-hydrogen) atoms. The van der Waals surface area contributed by atoms with Crippen LogP contribution in [0.1, 0.15) is 20.3 Å². The first kappa shape index (κ1) is 11.2. The molecule has 0 spiro atoms. The number of amides is 1. The summed E-state index contributed by atoms with van der Waals surface area (Å²) in [4.78, 5) is 11.4. The lowest BCUT2D eigenvalue weighted by Crippen LogP contribution is -2.42. The molecular formula is C11H20N2O. The van der Waals surface area contributed by atoms with Crippen molar-refractivity contribution in [2.24, 2.45) is 11.8 Å². The zero-order valence-corrected chi connectivity index (χ0v) is 9.05. The van der Waals surface area contributed by atoms with E-state index in [4.69, 9.17) is 0 Å². The molecule has 3 atom stereocenters. The number of carbonyl (C=O) groups excluding carboxylic acids is 1. The molecular weight excluding hydrogens is 176 g/mol. The lowest BCUT2D eigenvalue weighted by molar-refractivity contribution is -0.122. The van der Waals surface area contributed by atoms with E-state index in [1.807, 2.05) is 6.92 Å². The van der Waals surface area contributed by atoms with Gasteiger partial charge >= 0.3 is 0 Å². The molecule has 0 bridgehead atoms. The minimum absolute atomic E-state index is 0.0539. The predicted molar refractivity (Wildman–Crippen MR) is 57.9 cm³/mol. The Hall–Kier alpha value is -0.830. The highest BCUT2D eigenvalue weighted by molar-refractivity contribution is 5.81. The Morgan fingerprint density at radius 3 is 2.86 bits per heavy atom. The van der Waals surface area contributed by atoms with Crippen molar-refractivity contribution in [1.82, 2.24) is 10.6 Å². The highest BCUT2D eigenvalue weighted by Gasteiger charge is 2.32. The summed E-state index contributed by atoms with van der Waals surface area (Å²) in [6.07, 6.45) is 2.99. The molecule has 0 aromatic heterocycles. The summed E-state index contributed by atoms with van der Waals surface area (Å²) in [6, 6.07) is -0.0947. The molecule has 0 radical (unpaired) electrons. The Morgan fingerprint density at radius 2 is 2.36 bits per heavy atom. The minimum Gasteiger partial charge on any atom is -0.351 e. The van der Waals surface area contributed by atoms with Crippen LogP contribution in [0.15, 0.2) is 12.7 Å². The van der Waals surface area contributed by atoms with Crippen molar-refractivity contribution in [3.63, 3.8) is 0 Å². The van der Waals surface area contributed by atoms with Crippen LogP contribution < -0.4 is 10.6 Å². The molecule has 1 saturated carbocycles. The lowest BCUT2D eigenvalue weighted by atomic mass is 10.2. The van der Waals surface area contributed by atoms with Crippen molar-refractivity contribution in [3.8, 4) is 0 Å². The highest BCUT2D eigenvalue weighted by atomic mass is 16.2. The van der Waals surface area contributed by atoms with Gasteiger partial charge in [0.25, 0.3) is 0 Å². The molecule has 1 amide bonds. The Kier molecular flexibility index (Phi) is 4.14. The van der Waals surface area contributed by atoms with Crippen LogP contribution in [0.25, 0.3) is 0 Å². The topological polar surface area (TPSA) is 41.1 Å². The number of rotatable bonds is 6. The van der Waals surface area contributed by atoms with E-state index in [2.05, 4.69) is 24.1 Å². The number of nitrogens with one attached hydrogen (secondary N) is 2. The van der Waals surface area contributed by atoms with Crippen LogP contribution in [0.4, 0.5) is 0 Å². The van der Waals surface area contributed by atoms with Crippen LogP contribution in [-0.2, 0) is 4.79 Å². The first-order valence-corrected chi connectivity index (χ1v) is 5.27. The molecule has 0 heterocycles. The standard InChI is InChI=1S/C11H20N2O/c1-4-5-12-11(14)9(3)13-7-10-6-8(10)2/h4,8-10,13H,1,5-7H2,2-3H3,(H,12,14). The van der Waals surface area contributed by atoms with Gasteiger partial charge < -0.3 is 10.6 Å². The third-order valence-electron chi connectivity index (χ3n) is 2.78. The molecule has 0 aliphatic heterocycles. The van der Waals surface area contributed by atoms with Gasteiger partial charge in [0.2, 0.25) is 5.91 Å². The molecule has 1 aliphatic rings. The van der Waals surface area contributed by atoms with Crippen molar-refractivity contribution in [3.05, 3.63) is 12.7 Å². The van der Waals surface area contributed by atoms with Gasteiger partial charge in [-0.2, -0.15) is 0 Å². The third kappa shape index (κ3) is 3.50. The van der Waals surface area contributed by atoms with E-state index >= 15 is 0 Å². The van der Waals surface area contributed by atoms with E-state index < -0.39 is 0 Å². The molecule has 0 saturated heterocycles. The van der Waals surface area contributed by atoms with E-state index in [0.717, 1.165) is 18.4 Å². The fraction of sp³-hybridized carbons (Fsp3) is 0.727. The first-order valence-electron chi connectivity index (χ1n) is 5.27. The molecule has 3 unspecified atom stereocenters. The quantitative estimate of drug-likeness (QED) is 0.620. The number of hydrogen-bond acceptors (Lipinski definition) is 2. The summed E-state index contributed by atoms with van der Waals surface area (Å²) >= 11 is 0. The predicted octanol–water partition coefficient (Wildman–Crippen LogP) is 0.923. The average Bonchev–Trinajstić information content (AvgIpc) is 2.87. The maximum Gasteiger partial charge on any atom is 0.237 e. The average molecular weight is 196 g/mol. The Balaban J connectivity index is 2.10. The molecule has 1 fully saturated rings. The first-order chi connectivity index (χ1) is 6.65. The van der Waals surface area contributed by atoms with Crippen molar-refractivity contribution in [1.29, 1.82) is 0 Å². The van der Waals surface area contributed by atoms with Crippen LogP contribution in [-0.4, -0.2) is 25.0 Å². The van der Waals surface area contributed by atoms with Crippen LogP contribution in [0.2, 0.25) is 0 Å². The summed E-state index contributed by atoms with van der Waals surface area (Å²) in [5.41, 5.74) is 0. The fourth-order valence-corrected chi connectivity index (χ4v) is 1.43. The van der Waals surface area contributed by atoms with Crippen molar-refractivity contribution in [2.75, 3.05) is 13.1 Å².